The van der Waals surface area contributed by atoms with Gasteiger partial charge in [-0.05, 0) is 41.5 Å². The lowest BCUT2D eigenvalue weighted by Gasteiger charge is -2.12. The lowest BCUT2D eigenvalue weighted by atomic mass is 10.0. The van der Waals surface area contributed by atoms with Crippen molar-refractivity contribution in [3.63, 3.8) is 0 Å². The maximum atomic E-state index is 13.3. The molecule has 28 heavy (non-hydrogen) atoms. The van der Waals surface area contributed by atoms with Gasteiger partial charge in [0, 0.05) is 24.0 Å². The van der Waals surface area contributed by atoms with E-state index in [4.69, 9.17) is 0 Å². The van der Waals surface area contributed by atoms with Crippen LogP contribution in [0.2, 0.25) is 0 Å². The van der Waals surface area contributed by atoms with Gasteiger partial charge >= 0.3 is 12.3 Å². The molecule has 0 aliphatic heterocycles. The lowest BCUT2D eigenvalue weighted by molar-refractivity contribution is -0.140. The molecule has 0 unspecified atom stereocenters. The molecular weight excluding hydrogens is 377 g/mol. The minimum atomic E-state index is -4.68. The Morgan fingerprint density at radius 1 is 1.11 bits per heavy atom. The number of halogens is 3. The zero-order chi connectivity index (χ0) is 20.3. The number of alkyl halides is 3. The van der Waals surface area contributed by atoms with E-state index in [0.29, 0.717) is 11.1 Å². The highest BCUT2D eigenvalue weighted by Gasteiger charge is 2.35. The Hall–Kier alpha value is -3.69. The summed E-state index contributed by atoms with van der Waals surface area (Å²) in [5, 5.41) is 2.37. The van der Waals surface area contributed by atoms with Crippen molar-refractivity contribution in [2.24, 2.45) is 0 Å². The number of carbonyl (C=O) groups is 1. The maximum absolute atomic E-state index is 13.3. The van der Waals surface area contributed by atoms with Crippen LogP contribution in [0.15, 0.2) is 53.6 Å². The van der Waals surface area contributed by atoms with Crippen LogP contribution in [0, 0.1) is 0 Å². The summed E-state index contributed by atoms with van der Waals surface area (Å²) in [7, 11) is 1.19. The molecule has 7 nitrogen and oxygen atoms in total. The van der Waals surface area contributed by atoms with Crippen LogP contribution in [0.25, 0.3) is 22.4 Å². The van der Waals surface area contributed by atoms with Crippen molar-refractivity contribution >= 4 is 11.9 Å². The number of hydrogen-bond donors (Lipinski definition) is 2. The predicted molar refractivity (Wildman–Crippen MR) is 94.6 cm³/mol. The van der Waals surface area contributed by atoms with Crippen LogP contribution in [0.3, 0.4) is 0 Å². The zero-order valence-corrected chi connectivity index (χ0v) is 14.4. The second-order valence-electron chi connectivity index (χ2n) is 5.59. The molecule has 0 aromatic carbocycles. The molecule has 144 valence electrons. The van der Waals surface area contributed by atoms with E-state index < -0.39 is 23.5 Å². The van der Waals surface area contributed by atoms with Crippen LogP contribution in [-0.4, -0.2) is 28.2 Å². The van der Waals surface area contributed by atoms with Gasteiger partial charge in [-0.25, -0.2) is 9.78 Å². The van der Waals surface area contributed by atoms with Gasteiger partial charge in [0.25, 0.3) is 0 Å². The fraction of sp³-hybridized carbons (Fsp3) is 0.111. The molecule has 0 aliphatic rings. The van der Waals surface area contributed by atoms with Gasteiger partial charge < -0.3 is 9.72 Å². The number of ether oxygens (including phenoxy) is 1. The number of methoxy groups -OCH3 is 1. The molecule has 0 aliphatic carbocycles. The highest BCUT2D eigenvalue weighted by Crippen LogP contribution is 2.35. The van der Waals surface area contributed by atoms with Crippen molar-refractivity contribution < 1.29 is 22.7 Å². The maximum Gasteiger partial charge on any atom is 0.434 e. The Labute approximate surface area is 156 Å². The summed E-state index contributed by atoms with van der Waals surface area (Å²) in [6, 6.07) is 8.20. The number of nitrogens with one attached hydrogen (secondary N) is 2. The van der Waals surface area contributed by atoms with E-state index >= 15 is 0 Å². The molecule has 0 spiro atoms. The standard InChI is InChI=1S/C18H13F3N4O3/c1-28-17(27)25-14-8-10(4-6-22-14)11-7-13(24-15(26)9-11)12-3-2-5-23-16(12)18(19,20)21/h2-9H,1H3,(H,24,26)(H,22,25,27). The number of nitrogens with zero attached hydrogens (tertiary/aromatic N) is 2. The number of pyridine rings is 3. The number of aromatic amines is 1. The van der Waals surface area contributed by atoms with Gasteiger partial charge in [-0.3, -0.25) is 15.1 Å². The minimum absolute atomic E-state index is 0.0396. The summed E-state index contributed by atoms with van der Waals surface area (Å²) in [6.45, 7) is 0. The third kappa shape index (κ3) is 4.17. The molecule has 0 bridgehead atoms. The Kier molecular flexibility index (Phi) is 5.12. The second kappa shape index (κ2) is 7.51. The number of carbonyl (C=O) groups excluding carboxylic acids is 1. The fourth-order valence-electron chi connectivity index (χ4n) is 2.54. The molecule has 2 N–H and O–H groups in total. The fourth-order valence-corrected chi connectivity index (χ4v) is 2.54. The molecular formula is C18H13F3N4O3. The molecule has 0 saturated carbocycles. The highest BCUT2D eigenvalue weighted by molar-refractivity contribution is 5.84. The van der Waals surface area contributed by atoms with E-state index in [-0.39, 0.29) is 17.1 Å². The molecule has 3 heterocycles. The number of anilines is 1. The molecule has 0 radical (unpaired) electrons. The molecule has 3 aromatic rings. The summed E-state index contributed by atoms with van der Waals surface area (Å²) >= 11 is 0. The number of amides is 1. The lowest BCUT2D eigenvalue weighted by Crippen LogP contribution is -2.13. The van der Waals surface area contributed by atoms with Crippen LogP contribution < -0.4 is 10.9 Å². The van der Waals surface area contributed by atoms with Crippen molar-refractivity contribution in [1.29, 1.82) is 0 Å². The van der Waals surface area contributed by atoms with E-state index in [1.54, 1.807) is 6.07 Å². The quantitative estimate of drug-likeness (QED) is 0.711. The zero-order valence-electron chi connectivity index (χ0n) is 14.4. The normalized spacial score (nSPS) is 11.1. The Bertz CT molecular complexity index is 1080. The molecule has 3 rings (SSSR count). The van der Waals surface area contributed by atoms with E-state index in [9.17, 15) is 22.8 Å². The molecule has 1 amide bonds. The molecule has 0 atom stereocenters. The van der Waals surface area contributed by atoms with Crippen molar-refractivity contribution in [2.45, 2.75) is 6.18 Å². The Morgan fingerprint density at radius 3 is 2.61 bits per heavy atom. The summed E-state index contributed by atoms with van der Waals surface area (Å²) in [4.78, 5) is 33.1. The third-order valence-corrected chi connectivity index (χ3v) is 3.72. The Balaban J connectivity index is 2.09. The van der Waals surface area contributed by atoms with Crippen molar-refractivity contribution in [3.8, 4) is 22.4 Å². The largest absolute Gasteiger partial charge is 0.453 e. The summed E-state index contributed by atoms with van der Waals surface area (Å²) < 4.78 is 44.2. The predicted octanol–water partition coefficient (Wildman–Crippen LogP) is 3.70. The smallest absolute Gasteiger partial charge is 0.434 e. The topological polar surface area (TPSA) is 97.0 Å². The van der Waals surface area contributed by atoms with Gasteiger partial charge in [-0.15, -0.1) is 0 Å². The molecule has 10 heteroatoms. The second-order valence-corrected chi connectivity index (χ2v) is 5.59. The molecule has 3 aromatic heterocycles. The van der Waals surface area contributed by atoms with Gasteiger partial charge in [0.15, 0.2) is 5.69 Å². The van der Waals surface area contributed by atoms with Gasteiger partial charge in [0.05, 0.1) is 12.8 Å². The Morgan fingerprint density at radius 2 is 1.89 bits per heavy atom. The molecule has 0 fully saturated rings. The number of H-pyrrole nitrogens is 1. The van der Waals surface area contributed by atoms with Crippen LogP contribution in [0.1, 0.15) is 5.69 Å². The highest BCUT2D eigenvalue weighted by atomic mass is 19.4. The monoisotopic (exact) mass is 390 g/mol. The summed E-state index contributed by atoms with van der Waals surface area (Å²) in [6.07, 6.45) is -3.01. The SMILES string of the molecule is COC(=O)Nc1cc(-c2cc(-c3cccnc3C(F)(F)F)[nH]c(=O)c2)ccn1. The van der Waals surface area contributed by atoms with E-state index in [1.807, 2.05) is 0 Å². The van der Waals surface area contributed by atoms with Crippen molar-refractivity contribution in [1.82, 2.24) is 15.0 Å². The number of aromatic nitrogens is 3. The minimum Gasteiger partial charge on any atom is -0.453 e. The number of rotatable bonds is 3. The van der Waals surface area contributed by atoms with Crippen LogP contribution in [0.4, 0.5) is 23.8 Å². The molecule has 0 saturated heterocycles. The first-order chi connectivity index (χ1) is 13.3. The van der Waals surface area contributed by atoms with Crippen LogP contribution in [0.5, 0.6) is 0 Å². The van der Waals surface area contributed by atoms with Gasteiger partial charge in [-0.1, -0.05) is 0 Å². The average molecular weight is 390 g/mol. The summed E-state index contributed by atoms with van der Waals surface area (Å²) in [5.41, 5.74) is -1.19. The van der Waals surface area contributed by atoms with Crippen LogP contribution in [-0.2, 0) is 10.9 Å². The van der Waals surface area contributed by atoms with Crippen LogP contribution >= 0.6 is 0 Å². The number of hydrogen-bond acceptors (Lipinski definition) is 5. The first kappa shape index (κ1) is 19.1. The van der Waals surface area contributed by atoms with Crippen molar-refractivity contribution in [2.75, 3.05) is 12.4 Å². The average Bonchev–Trinajstić information content (AvgIpc) is 2.67. The van der Waals surface area contributed by atoms with Gasteiger partial charge in [0.1, 0.15) is 5.82 Å². The van der Waals surface area contributed by atoms with E-state index in [1.165, 1.54) is 43.6 Å². The summed E-state index contributed by atoms with van der Waals surface area (Å²) in [5.74, 6) is 0.156. The van der Waals surface area contributed by atoms with E-state index in [2.05, 4.69) is 25.0 Å². The van der Waals surface area contributed by atoms with Gasteiger partial charge in [-0.2, -0.15) is 13.2 Å². The van der Waals surface area contributed by atoms with Gasteiger partial charge in [0.2, 0.25) is 5.56 Å². The van der Waals surface area contributed by atoms with E-state index in [0.717, 1.165) is 6.20 Å². The first-order valence-corrected chi connectivity index (χ1v) is 7.86. The third-order valence-electron chi connectivity index (χ3n) is 3.72. The van der Waals surface area contributed by atoms with Crippen molar-refractivity contribution in [3.05, 3.63) is 64.8 Å². The first-order valence-electron chi connectivity index (χ1n) is 7.86.